The van der Waals surface area contributed by atoms with E-state index in [0.29, 0.717) is 17.1 Å². The van der Waals surface area contributed by atoms with Gasteiger partial charge in [0.05, 0.1) is 12.7 Å². The summed E-state index contributed by atoms with van der Waals surface area (Å²) >= 11 is 0. The van der Waals surface area contributed by atoms with Crippen molar-refractivity contribution in [2.24, 2.45) is 0 Å². The maximum atomic E-state index is 13.0. The number of methoxy groups -OCH3 is 1. The zero-order valence-corrected chi connectivity index (χ0v) is 19.4. The van der Waals surface area contributed by atoms with Gasteiger partial charge in [0.2, 0.25) is 5.78 Å². The third-order valence-corrected chi connectivity index (χ3v) is 5.82. The second-order valence-corrected chi connectivity index (χ2v) is 8.02. The van der Waals surface area contributed by atoms with Gasteiger partial charge in [0.25, 0.3) is 0 Å². The Hall–Kier alpha value is -4.58. The lowest BCUT2D eigenvalue weighted by Gasteiger charge is -2.03. The first-order valence-electron chi connectivity index (χ1n) is 11.3. The van der Waals surface area contributed by atoms with E-state index in [0.717, 1.165) is 34.3 Å². The van der Waals surface area contributed by atoms with E-state index >= 15 is 0 Å². The Morgan fingerprint density at radius 3 is 2.60 bits per heavy atom. The van der Waals surface area contributed by atoms with Gasteiger partial charge in [0.15, 0.2) is 5.76 Å². The number of hydrogen-bond donors (Lipinski definition) is 0. The summed E-state index contributed by atoms with van der Waals surface area (Å²) in [5.74, 6) is 0.867. The molecule has 0 saturated heterocycles. The molecular formula is C29H23NO5. The number of Topliss-reactive ketones (excluding diaryl/α,β-unsaturated/α-hetero) is 1. The first-order valence-corrected chi connectivity index (χ1v) is 11.3. The minimum absolute atomic E-state index is 0.213. The van der Waals surface area contributed by atoms with Crippen LogP contribution < -0.4 is 14.2 Å². The Bertz CT molecular complexity index is 1490. The largest absolute Gasteiger partial charge is 0.497 e. The van der Waals surface area contributed by atoms with Crippen LogP contribution in [0.3, 0.4) is 0 Å². The summed E-state index contributed by atoms with van der Waals surface area (Å²) in [6, 6.07) is 20.1. The molecule has 6 heteroatoms. The number of ketones is 1. The van der Waals surface area contributed by atoms with Crippen molar-refractivity contribution in [1.29, 1.82) is 0 Å². The normalized spacial score (nSPS) is 13.9. The average molecular weight is 466 g/mol. The lowest BCUT2D eigenvalue weighted by Crippen LogP contribution is -2.03. The van der Waals surface area contributed by atoms with Gasteiger partial charge in [-0.05, 0) is 55.0 Å². The molecule has 0 amide bonds. The standard InChI is InChI=1S/C29H23NO5/c1-3-30-18-20(24-16-21(33-2)11-13-25(24)30)15-27-29(32)23-12-10-22(17-26(23)35-27)34-28(31)14-9-19-7-5-4-6-8-19/h4-18H,3H2,1-2H3. The summed E-state index contributed by atoms with van der Waals surface area (Å²) in [6.07, 6.45) is 6.77. The molecule has 2 heterocycles. The topological polar surface area (TPSA) is 66.8 Å². The van der Waals surface area contributed by atoms with E-state index in [4.69, 9.17) is 14.2 Å². The van der Waals surface area contributed by atoms with Crippen LogP contribution in [0.5, 0.6) is 17.2 Å². The van der Waals surface area contributed by atoms with Crippen molar-refractivity contribution in [2.45, 2.75) is 13.5 Å². The van der Waals surface area contributed by atoms with E-state index in [1.165, 1.54) is 6.08 Å². The van der Waals surface area contributed by atoms with Gasteiger partial charge in [-0.25, -0.2) is 4.79 Å². The van der Waals surface area contributed by atoms with E-state index in [1.807, 2.05) is 54.7 Å². The maximum absolute atomic E-state index is 13.0. The van der Waals surface area contributed by atoms with Crippen LogP contribution in [0.15, 0.2) is 84.8 Å². The molecule has 1 aromatic heterocycles. The average Bonchev–Trinajstić information content (AvgIpc) is 3.39. The molecule has 0 unspecified atom stereocenters. The smallest absolute Gasteiger partial charge is 0.336 e. The molecule has 6 nitrogen and oxygen atoms in total. The number of aryl methyl sites for hydroxylation is 1. The Kier molecular flexibility index (Phi) is 5.94. The van der Waals surface area contributed by atoms with Crippen LogP contribution in [-0.2, 0) is 11.3 Å². The molecule has 35 heavy (non-hydrogen) atoms. The number of carbonyl (C=O) groups is 2. The SMILES string of the molecule is CCn1cc(C=C2Oc3cc(OC(=O)C=Cc4ccccc4)ccc3C2=O)c2cc(OC)ccc21. The molecule has 0 radical (unpaired) electrons. The van der Waals surface area contributed by atoms with E-state index in [1.54, 1.807) is 37.5 Å². The van der Waals surface area contributed by atoms with E-state index < -0.39 is 5.97 Å². The second-order valence-electron chi connectivity index (χ2n) is 8.02. The molecule has 3 aromatic carbocycles. The highest BCUT2D eigenvalue weighted by Gasteiger charge is 2.28. The molecule has 0 spiro atoms. The van der Waals surface area contributed by atoms with Gasteiger partial charge in [-0.1, -0.05) is 30.3 Å². The Labute approximate surface area is 202 Å². The van der Waals surface area contributed by atoms with Crippen LogP contribution in [0.25, 0.3) is 23.1 Å². The first kappa shape index (κ1) is 22.2. The summed E-state index contributed by atoms with van der Waals surface area (Å²) in [4.78, 5) is 25.2. The molecule has 5 rings (SSSR count). The number of ether oxygens (including phenoxy) is 3. The molecule has 0 atom stereocenters. The van der Waals surface area contributed by atoms with Crippen molar-refractivity contribution in [3.05, 3.63) is 101 Å². The molecule has 1 aliphatic heterocycles. The third kappa shape index (κ3) is 4.46. The fourth-order valence-corrected chi connectivity index (χ4v) is 4.06. The van der Waals surface area contributed by atoms with E-state index in [-0.39, 0.29) is 11.5 Å². The van der Waals surface area contributed by atoms with Gasteiger partial charge in [-0.3, -0.25) is 4.79 Å². The number of rotatable bonds is 6. The van der Waals surface area contributed by atoms with Crippen molar-refractivity contribution in [1.82, 2.24) is 4.57 Å². The van der Waals surface area contributed by atoms with Crippen molar-refractivity contribution < 1.29 is 23.8 Å². The zero-order chi connectivity index (χ0) is 24.4. The molecule has 174 valence electrons. The molecular weight excluding hydrogens is 442 g/mol. The number of nitrogens with zero attached hydrogens (tertiary/aromatic N) is 1. The van der Waals surface area contributed by atoms with Gasteiger partial charge in [0, 0.05) is 41.4 Å². The number of hydrogen-bond acceptors (Lipinski definition) is 5. The van der Waals surface area contributed by atoms with Crippen LogP contribution >= 0.6 is 0 Å². The number of fused-ring (bicyclic) bond motifs is 2. The van der Waals surface area contributed by atoms with Crippen LogP contribution in [0.4, 0.5) is 0 Å². The minimum Gasteiger partial charge on any atom is -0.497 e. The van der Waals surface area contributed by atoms with Crippen molar-refractivity contribution in [3.63, 3.8) is 0 Å². The van der Waals surface area contributed by atoms with Crippen molar-refractivity contribution in [3.8, 4) is 17.2 Å². The molecule has 0 N–H and O–H groups in total. The number of aromatic nitrogens is 1. The van der Waals surface area contributed by atoms with Crippen LogP contribution in [0, 0.1) is 0 Å². The molecule has 0 bridgehead atoms. The summed E-state index contributed by atoms with van der Waals surface area (Å²) in [7, 11) is 1.62. The summed E-state index contributed by atoms with van der Waals surface area (Å²) in [5.41, 5.74) is 3.22. The molecule has 0 fully saturated rings. The lowest BCUT2D eigenvalue weighted by molar-refractivity contribution is -0.128. The van der Waals surface area contributed by atoms with Crippen LogP contribution in [0.1, 0.15) is 28.4 Å². The quantitative estimate of drug-likeness (QED) is 0.201. The Morgan fingerprint density at radius 1 is 1.03 bits per heavy atom. The predicted octanol–water partition coefficient (Wildman–Crippen LogP) is 5.90. The highest BCUT2D eigenvalue weighted by Crippen LogP contribution is 2.36. The first-order chi connectivity index (χ1) is 17.1. The number of allylic oxidation sites excluding steroid dienone is 1. The van der Waals surface area contributed by atoms with Gasteiger partial charge in [0.1, 0.15) is 17.2 Å². The fraction of sp³-hybridized carbons (Fsp3) is 0.103. The van der Waals surface area contributed by atoms with Crippen molar-refractivity contribution in [2.75, 3.05) is 7.11 Å². The highest BCUT2D eigenvalue weighted by molar-refractivity contribution is 6.15. The number of benzene rings is 3. The zero-order valence-electron chi connectivity index (χ0n) is 19.4. The second kappa shape index (κ2) is 9.35. The number of esters is 1. The molecule has 4 aromatic rings. The summed E-state index contributed by atoms with van der Waals surface area (Å²) < 4.78 is 18.8. The van der Waals surface area contributed by atoms with E-state index in [9.17, 15) is 9.59 Å². The minimum atomic E-state index is -0.518. The van der Waals surface area contributed by atoms with Crippen LogP contribution in [-0.4, -0.2) is 23.4 Å². The van der Waals surface area contributed by atoms with Crippen LogP contribution in [0.2, 0.25) is 0 Å². The third-order valence-electron chi connectivity index (χ3n) is 5.82. The molecule has 0 saturated carbocycles. The van der Waals surface area contributed by atoms with Crippen molar-refractivity contribution >= 4 is 34.8 Å². The fourth-order valence-electron chi connectivity index (χ4n) is 4.06. The maximum Gasteiger partial charge on any atom is 0.336 e. The molecule has 1 aliphatic rings. The molecule has 0 aliphatic carbocycles. The Morgan fingerprint density at radius 2 is 1.83 bits per heavy atom. The van der Waals surface area contributed by atoms with E-state index in [2.05, 4.69) is 11.5 Å². The number of carbonyl (C=O) groups excluding carboxylic acids is 2. The summed E-state index contributed by atoms with van der Waals surface area (Å²) in [5, 5.41) is 0.964. The van der Waals surface area contributed by atoms with Gasteiger partial charge in [-0.2, -0.15) is 0 Å². The lowest BCUT2D eigenvalue weighted by atomic mass is 10.1. The van der Waals surface area contributed by atoms with Gasteiger partial charge < -0.3 is 18.8 Å². The highest BCUT2D eigenvalue weighted by atomic mass is 16.5. The Balaban J connectivity index is 1.38. The summed E-state index contributed by atoms with van der Waals surface area (Å²) in [6.45, 7) is 2.85. The predicted molar refractivity (Wildman–Crippen MR) is 135 cm³/mol. The monoisotopic (exact) mass is 465 g/mol. The van der Waals surface area contributed by atoms with Gasteiger partial charge in [-0.15, -0.1) is 0 Å². The van der Waals surface area contributed by atoms with Gasteiger partial charge >= 0.3 is 5.97 Å².